The van der Waals surface area contributed by atoms with E-state index in [1.165, 1.54) is 5.56 Å². The summed E-state index contributed by atoms with van der Waals surface area (Å²) < 4.78 is 1.95. The highest BCUT2D eigenvalue weighted by Gasteiger charge is 2.23. The molecule has 0 aliphatic carbocycles. The van der Waals surface area contributed by atoms with Crippen molar-refractivity contribution in [1.82, 2.24) is 14.9 Å². The molecule has 1 heterocycles. The van der Waals surface area contributed by atoms with Crippen LogP contribution in [0.25, 0.3) is 11.0 Å². The lowest BCUT2D eigenvalue weighted by atomic mass is 10.1. The minimum absolute atomic E-state index is 0.0551. The number of halogens is 2. The number of aryl methyl sites for hydroxylation is 1. The van der Waals surface area contributed by atoms with Crippen molar-refractivity contribution in [2.75, 3.05) is 0 Å². The average molecular weight is 404 g/mol. The van der Waals surface area contributed by atoms with Gasteiger partial charge in [-0.15, -0.1) is 0 Å². The smallest absolute Gasteiger partial charge is 0.243 e. The normalized spacial score (nSPS) is 12.6. The second-order valence-corrected chi connectivity index (χ2v) is 7.97. The summed E-state index contributed by atoms with van der Waals surface area (Å²) in [5.74, 6) is 0.749. The summed E-state index contributed by atoms with van der Waals surface area (Å²) >= 11 is 12.4. The molecular formula is C21H23Cl2N3O. The number of hydrogen-bond acceptors (Lipinski definition) is 2. The summed E-state index contributed by atoms with van der Waals surface area (Å²) in [7, 11) is 0. The number of carbonyl (C=O) groups is 1. The molecule has 1 atom stereocenters. The summed E-state index contributed by atoms with van der Waals surface area (Å²) in [6.07, 6.45) is 0.615. The van der Waals surface area contributed by atoms with E-state index in [9.17, 15) is 4.79 Å². The van der Waals surface area contributed by atoms with E-state index >= 15 is 0 Å². The van der Waals surface area contributed by atoms with Gasteiger partial charge in [-0.25, -0.2) is 4.98 Å². The van der Waals surface area contributed by atoms with E-state index in [0.29, 0.717) is 16.5 Å². The topological polar surface area (TPSA) is 46.9 Å². The highest BCUT2D eigenvalue weighted by Crippen LogP contribution is 2.31. The van der Waals surface area contributed by atoms with Gasteiger partial charge in [-0.1, -0.05) is 53.0 Å². The van der Waals surface area contributed by atoms with Crippen molar-refractivity contribution < 1.29 is 4.79 Å². The van der Waals surface area contributed by atoms with Crippen LogP contribution in [-0.4, -0.2) is 21.5 Å². The number of carbonyl (C=O) groups excluding carboxylic acids is 1. The van der Waals surface area contributed by atoms with E-state index in [2.05, 4.69) is 36.5 Å². The molecular weight excluding hydrogens is 381 g/mol. The van der Waals surface area contributed by atoms with Gasteiger partial charge in [0.05, 0.1) is 21.1 Å². The van der Waals surface area contributed by atoms with E-state index in [4.69, 9.17) is 28.2 Å². The lowest BCUT2D eigenvalue weighted by molar-refractivity contribution is -0.124. The van der Waals surface area contributed by atoms with E-state index in [1.54, 1.807) is 12.1 Å². The van der Waals surface area contributed by atoms with Gasteiger partial charge in [0.1, 0.15) is 11.9 Å². The Hall–Kier alpha value is -2.04. The van der Waals surface area contributed by atoms with E-state index in [0.717, 1.165) is 22.4 Å². The molecule has 4 nitrogen and oxygen atoms in total. The van der Waals surface area contributed by atoms with Crippen LogP contribution in [0.3, 0.4) is 0 Å². The molecule has 0 aliphatic rings. The van der Waals surface area contributed by atoms with Crippen molar-refractivity contribution in [1.29, 1.82) is 0 Å². The maximum atomic E-state index is 12.7. The molecule has 1 N–H and O–H groups in total. The second-order valence-electron chi connectivity index (χ2n) is 7.15. The molecule has 142 valence electrons. The summed E-state index contributed by atoms with van der Waals surface area (Å²) in [5, 5.41) is 3.87. The molecule has 0 aliphatic heterocycles. The summed E-state index contributed by atoms with van der Waals surface area (Å²) in [6.45, 7) is 7.82. The average Bonchev–Trinajstić information content (AvgIpc) is 2.92. The Bertz CT molecular complexity index is 977. The first kappa shape index (κ1) is 19.7. The monoisotopic (exact) mass is 403 g/mol. The second kappa shape index (κ2) is 7.91. The van der Waals surface area contributed by atoms with Crippen molar-refractivity contribution in [2.45, 2.75) is 46.2 Å². The van der Waals surface area contributed by atoms with Crippen LogP contribution in [0.2, 0.25) is 10.0 Å². The van der Waals surface area contributed by atoms with Gasteiger partial charge in [-0.05, 0) is 45.4 Å². The third-order valence-corrected chi connectivity index (χ3v) is 5.21. The number of aromatic nitrogens is 2. The van der Waals surface area contributed by atoms with Crippen molar-refractivity contribution >= 4 is 40.1 Å². The third kappa shape index (κ3) is 4.28. The fourth-order valence-electron chi connectivity index (χ4n) is 3.11. The molecule has 0 spiro atoms. The van der Waals surface area contributed by atoms with E-state index in [-0.39, 0.29) is 11.9 Å². The van der Waals surface area contributed by atoms with Gasteiger partial charge >= 0.3 is 0 Å². The lowest BCUT2D eigenvalue weighted by Gasteiger charge is -2.19. The zero-order chi connectivity index (χ0) is 19.7. The van der Waals surface area contributed by atoms with Gasteiger partial charge < -0.3 is 9.88 Å². The third-order valence-electron chi connectivity index (χ3n) is 4.49. The van der Waals surface area contributed by atoms with E-state index in [1.807, 2.05) is 25.3 Å². The van der Waals surface area contributed by atoms with Gasteiger partial charge in [-0.3, -0.25) is 4.79 Å². The molecule has 0 fully saturated rings. The van der Waals surface area contributed by atoms with Crippen LogP contribution < -0.4 is 5.32 Å². The van der Waals surface area contributed by atoms with Gasteiger partial charge in [0.15, 0.2) is 0 Å². The molecule has 3 rings (SSSR count). The standard InChI is InChI=1S/C21H23Cl2N3O/c1-12(2)24-21(27)14(4)26-19-11-17(23)16(22)10-18(19)25-20(26)9-15-7-5-13(3)6-8-15/h5-8,10-12,14H,9H2,1-4H3,(H,24,27). The number of benzene rings is 2. The Morgan fingerprint density at radius 1 is 1.11 bits per heavy atom. The van der Waals surface area contributed by atoms with Crippen LogP contribution in [0.15, 0.2) is 36.4 Å². The highest BCUT2D eigenvalue weighted by molar-refractivity contribution is 6.42. The molecule has 1 unspecified atom stereocenters. The number of nitrogens with one attached hydrogen (secondary N) is 1. The molecule has 3 aromatic rings. The number of hydrogen-bond donors (Lipinski definition) is 1. The first-order chi connectivity index (χ1) is 12.8. The lowest BCUT2D eigenvalue weighted by Crippen LogP contribution is -2.36. The van der Waals surface area contributed by atoms with Crippen LogP contribution in [-0.2, 0) is 11.2 Å². The molecule has 0 saturated heterocycles. The zero-order valence-electron chi connectivity index (χ0n) is 15.9. The highest BCUT2D eigenvalue weighted by atomic mass is 35.5. The summed E-state index contributed by atoms with van der Waals surface area (Å²) in [5.41, 5.74) is 3.87. The number of nitrogens with zero attached hydrogens (tertiary/aromatic N) is 2. The van der Waals surface area contributed by atoms with Crippen LogP contribution in [0.4, 0.5) is 0 Å². The van der Waals surface area contributed by atoms with Gasteiger partial charge in [0.2, 0.25) is 5.91 Å². The maximum absolute atomic E-state index is 12.7. The Morgan fingerprint density at radius 2 is 1.74 bits per heavy atom. The summed E-state index contributed by atoms with van der Waals surface area (Å²) in [6, 6.07) is 11.5. The van der Waals surface area contributed by atoms with Crippen LogP contribution >= 0.6 is 23.2 Å². The SMILES string of the molecule is Cc1ccc(Cc2nc3cc(Cl)c(Cl)cc3n2C(C)C(=O)NC(C)C)cc1. The number of amides is 1. The van der Waals surface area contributed by atoms with Crippen molar-refractivity contribution in [2.24, 2.45) is 0 Å². The van der Waals surface area contributed by atoms with Gasteiger partial charge in [0.25, 0.3) is 0 Å². The Balaban J connectivity index is 2.10. The predicted molar refractivity (Wildman–Crippen MR) is 112 cm³/mol. The quantitative estimate of drug-likeness (QED) is 0.625. The fourth-order valence-corrected chi connectivity index (χ4v) is 3.42. The minimum Gasteiger partial charge on any atom is -0.352 e. The van der Waals surface area contributed by atoms with Crippen LogP contribution in [0, 0.1) is 6.92 Å². The largest absolute Gasteiger partial charge is 0.352 e. The molecule has 27 heavy (non-hydrogen) atoms. The molecule has 6 heteroatoms. The first-order valence-electron chi connectivity index (χ1n) is 8.98. The summed E-state index contributed by atoms with van der Waals surface area (Å²) in [4.78, 5) is 17.4. The Morgan fingerprint density at radius 3 is 2.37 bits per heavy atom. The number of fused-ring (bicyclic) bond motifs is 1. The van der Waals surface area contributed by atoms with Gasteiger partial charge in [-0.2, -0.15) is 0 Å². The fraction of sp³-hybridized carbons (Fsp3) is 0.333. The van der Waals surface area contributed by atoms with Crippen molar-refractivity contribution in [3.8, 4) is 0 Å². The maximum Gasteiger partial charge on any atom is 0.243 e. The van der Waals surface area contributed by atoms with Gasteiger partial charge in [0, 0.05) is 12.5 Å². The molecule has 1 amide bonds. The number of imidazole rings is 1. The molecule has 0 radical (unpaired) electrons. The Kier molecular flexibility index (Phi) is 5.78. The predicted octanol–water partition coefficient (Wildman–Crippen LogP) is 5.33. The van der Waals surface area contributed by atoms with Crippen molar-refractivity contribution in [3.63, 3.8) is 0 Å². The molecule has 0 saturated carbocycles. The minimum atomic E-state index is -0.421. The Labute approximate surface area is 169 Å². The number of rotatable bonds is 5. The van der Waals surface area contributed by atoms with Crippen LogP contribution in [0.1, 0.15) is 43.8 Å². The van der Waals surface area contributed by atoms with Crippen LogP contribution in [0.5, 0.6) is 0 Å². The molecule has 0 bridgehead atoms. The molecule has 2 aromatic carbocycles. The zero-order valence-corrected chi connectivity index (χ0v) is 17.4. The molecule has 1 aromatic heterocycles. The van der Waals surface area contributed by atoms with E-state index < -0.39 is 6.04 Å². The first-order valence-corrected chi connectivity index (χ1v) is 9.73. The van der Waals surface area contributed by atoms with Crippen molar-refractivity contribution in [3.05, 3.63) is 63.4 Å².